The van der Waals surface area contributed by atoms with E-state index in [4.69, 9.17) is 11.6 Å². The molecule has 31 heavy (non-hydrogen) atoms. The van der Waals surface area contributed by atoms with E-state index in [0.717, 1.165) is 11.6 Å². The summed E-state index contributed by atoms with van der Waals surface area (Å²) in [7, 11) is 0. The predicted octanol–water partition coefficient (Wildman–Crippen LogP) is 3.91. The standard InChI is InChI=1S/C20H18ClF3N4O2S/c21-14-3-1-13(2-4-14)19(30)7-9-27(10-8-19)17-25-12-28(18(29)26-17)11-15-5-6-16(31-15)20(22,23)24/h1-6,12,30H,7-11H2. The third-order valence-corrected chi connectivity index (χ3v) is 6.64. The fourth-order valence-electron chi connectivity index (χ4n) is 3.52. The molecule has 0 aliphatic carbocycles. The first-order chi connectivity index (χ1) is 14.6. The Labute approximate surface area is 184 Å². The molecule has 1 fully saturated rings. The molecule has 164 valence electrons. The van der Waals surface area contributed by atoms with Crippen molar-refractivity contribution in [3.63, 3.8) is 0 Å². The Balaban J connectivity index is 1.43. The molecule has 0 bridgehead atoms. The van der Waals surface area contributed by atoms with Gasteiger partial charge in [-0.2, -0.15) is 18.2 Å². The lowest BCUT2D eigenvalue weighted by Gasteiger charge is -2.38. The quantitative estimate of drug-likeness (QED) is 0.626. The minimum Gasteiger partial charge on any atom is -0.385 e. The molecule has 2 aromatic heterocycles. The molecular weight excluding hydrogens is 453 g/mol. The van der Waals surface area contributed by atoms with Gasteiger partial charge >= 0.3 is 11.9 Å². The van der Waals surface area contributed by atoms with Crippen molar-refractivity contribution in [3.05, 3.63) is 73.6 Å². The molecule has 1 N–H and O–H groups in total. The molecule has 0 spiro atoms. The Hall–Kier alpha value is -2.43. The Morgan fingerprint density at radius 1 is 1.13 bits per heavy atom. The van der Waals surface area contributed by atoms with Crippen LogP contribution in [-0.4, -0.2) is 32.7 Å². The highest BCUT2D eigenvalue weighted by Gasteiger charge is 2.35. The number of rotatable bonds is 4. The number of piperidine rings is 1. The summed E-state index contributed by atoms with van der Waals surface area (Å²) in [5, 5.41) is 11.6. The largest absolute Gasteiger partial charge is 0.425 e. The molecule has 4 rings (SSSR count). The lowest BCUT2D eigenvalue weighted by Crippen LogP contribution is -2.44. The summed E-state index contributed by atoms with van der Waals surface area (Å²) >= 11 is 6.50. The van der Waals surface area contributed by atoms with Crippen molar-refractivity contribution in [2.45, 2.75) is 31.2 Å². The van der Waals surface area contributed by atoms with Crippen LogP contribution >= 0.6 is 22.9 Å². The zero-order valence-electron chi connectivity index (χ0n) is 16.1. The van der Waals surface area contributed by atoms with Crippen molar-refractivity contribution in [2.24, 2.45) is 0 Å². The molecule has 0 unspecified atom stereocenters. The first-order valence-corrected chi connectivity index (χ1v) is 10.7. The number of aliphatic hydroxyl groups is 1. The van der Waals surface area contributed by atoms with E-state index in [0.29, 0.717) is 47.2 Å². The molecule has 11 heteroatoms. The second-order valence-electron chi connectivity index (χ2n) is 7.36. The zero-order chi connectivity index (χ0) is 22.2. The highest BCUT2D eigenvalue weighted by atomic mass is 35.5. The highest BCUT2D eigenvalue weighted by molar-refractivity contribution is 7.12. The van der Waals surface area contributed by atoms with Crippen molar-refractivity contribution in [1.82, 2.24) is 14.5 Å². The van der Waals surface area contributed by atoms with Gasteiger partial charge in [0.25, 0.3) is 0 Å². The topological polar surface area (TPSA) is 71.2 Å². The maximum absolute atomic E-state index is 12.7. The molecule has 1 aliphatic heterocycles. The number of alkyl halides is 3. The normalized spacial score (nSPS) is 16.5. The van der Waals surface area contributed by atoms with Crippen LogP contribution in [0.15, 0.2) is 47.5 Å². The van der Waals surface area contributed by atoms with Gasteiger partial charge in [-0.1, -0.05) is 23.7 Å². The summed E-state index contributed by atoms with van der Waals surface area (Å²) in [4.78, 5) is 22.1. The number of hydrogen-bond acceptors (Lipinski definition) is 6. The lowest BCUT2D eigenvalue weighted by molar-refractivity contribution is -0.134. The predicted molar refractivity (Wildman–Crippen MR) is 112 cm³/mol. The number of benzene rings is 1. The third-order valence-electron chi connectivity index (χ3n) is 5.28. The smallest absolute Gasteiger partial charge is 0.385 e. The average Bonchev–Trinajstić information content (AvgIpc) is 3.20. The van der Waals surface area contributed by atoms with Crippen LogP contribution in [0.3, 0.4) is 0 Å². The fourth-order valence-corrected chi connectivity index (χ4v) is 4.52. The summed E-state index contributed by atoms with van der Waals surface area (Å²) in [5.74, 6) is 0.238. The van der Waals surface area contributed by atoms with Gasteiger partial charge in [-0.15, -0.1) is 11.3 Å². The number of thiophene rings is 1. The van der Waals surface area contributed by atoms with Crippen LogP contribution in [-0.2, 0) is 18.3 Å². The van der Waals surface area contributed by atoms with Gasteiger partial charge in [0, 0.05) is 23.0 Å². The Kier molecular flexibility index (Phi) is 5.80. The van der Waals surface area contributed by atoms with Gasteiger partial charge in [0.2, 0.25) is 5.95 Å². The third kappa shape index (κ3) is 4.76. The van der Waals surface area contributed by atoms with Gasteiger partial charge in [0.1, 0.15) is 11.2 Å². The van der Waals surface area contributed by atoms with Gasteiger partial charge < -0.3 is 10.0 Å². The molecule has 0 amide bonds. The first kappa shape index (κ1) is 21.8. The molecule has 3 heterocycles. The molecule has 1 aromatic carbocycles. The second kappa shape index (κ2) is 8.25. The molecule has 1 saturated heterocycles. The summed E-state index contributed by atoms with van der Waals surface area (Å²) in [5.41, 5.74) is -0.807. The van der Waals surface area contributed by atoms with E-state index in [1.54, 1.807) is 24.3 Å². The van der Waals surface area contributed by atoms with Crippen molar-refractivity contribution < 1.29 is 18.3 Å². The molecule has 0 saturated carbocycles. The van der Waals surface area contributed by atoms with E-state index in [9.17, 15) is 23.1 Å². The van der Waals surface area contributed by atoms with Gasteiger partial charge in [-0.05, 0) is 42.7 Å². The maximum Gasteiger partial charge on any atom is 0.425 e. The number of hydrogen-bond donors (Lipinski definition) is 1. The van der Waals surface area contributed by atoms with E-state index in [1.807, 2.05) is 4.90 Å². The number of nitrogens with zero attached hydrogens (tertiary/aromatic N) is 4. The minimum absolute atomic E-state index is 0.0316. The molecule has 0 atom stereocenters. The van der Waals surface area contributed by atoms with Crippen molar-refractivity contribution >= 4 is 28.9 Å². The van der Waals surface area contributed by atoms with E-state index >= 15 is 0 Å². The summed E-state index contributed by atoms with van der Waals surface area (Å²) in [6, 6.07) is 9.39. The highest BCUT2D eigenvalue weighted by Crippen LogP contribution is 2.35. The van der Waals surface area contributed by atoms with Gasteiger partial charge in [0.05, 0.1) is 12.1 Å². The average molecular weight is 471 g/mol. The van der Waals surface area contributed by atoms with E-state index in [2.05, 4.69) is 9.97 Å². The van der Waals surface area contributed by atoms with Crippen LogP contribution in [0.5, 0.6) is 0 Å². The van der Waals surface area contributed by atoms with Crippen molar-refractivity contribution in [2.75, 3.05) is 18.0 Å². The van der Waals surface area contributed by atoms with Crippen molar-refractivity contribution in [3.8, 4) is 0 Å². The van der Waals surface area contributed by atoms with Crippen LogP contribution < -0.4 is 10.6 Å². The lowest BCUT2D eigenvalue weighted by atomic mass is 9.84. The van der Waals surface area contributed by atoms with Crippen LogP contribution in [0.25, 0.3) is 0 Å². The van der Waals surface area contributed by atoms with Gasteiger partial charge in [-0.25, -0.2) is 9.78 Å². The van der Waals surface area contributed by atoms with E-state index in [1.165, 1.54) is 17.0 Å². The summed E-state index contributed by atoms with van der Waals surface area (Å²) < 4.78 is 39.4. The monoisotopic (exact) mass is 470 g/mol. The second-order valence-corrected chi connectivity index (χ2v) is 8.96. The maximum atomic E-state index is 12.7. The molecule has 6 nitrogen and oxygen atoms in total. The Bertz CT molecular complexity index is 1120. The minimum atomic E-state index is -4.41. The number of aromatic nitrogens is 3. The summed E-state index contributed by atoms with van der Waals surface area (Å²) in [6.45, 7) is 0.862. The van der Waals surface area contributed by atoms with Crippen molar-refractivity contribution in [1.29, 1.82) is 0 Å². The van der Waals surface area contributed by atoms with Crippen LogP contribution in [0.4, 0.5) is 19.1 Å². The zero-order valence-corrected chi connectivity index (χ0v) is 17.7. The SMILES string of the molecule is O=c1nc(N2CCC(O)(c3ccc(Cl)cc3)CC2)ncn1Cc1ccc(C(F)(F)F)s1. The van der Waals surface area contributed by atoms with E-state index in [-0.39, 0.29) is 12.5 Å². The number of halogens is 4. The first-order valence-electron chi connectivity index (χ1n) is 9.47. The van der Waals surface area contributed by atoms with Gasteiger partial charge in [-0.3, -0.25) is 4.57 Å². The fraction of sp³-hybridized carbons (Fsp3) is 0.350. The van der Waals surface area contributed by atoms with Crippen LogP contribution in [0, 0.1) is 0 Å². The Morgan fingerprint density at radius 2 is 1.81 bits per heavy atom. The molecule has 1 aliphatic rings. The molecule has 0 radical (unpaired) electrons. The number of anilines is 1. The van der Waals surface area contributed by atoms with E-state index < -0.39 is 22.3 Å². The van der Waals surface area contributed by atoms with Crippen LogP contribution in [0.1, 0.15) is 28.2 Å². The molecule has 3 aromatic rings. The Morgan fingerprint density at radius 3 is 2.39 bits per heavy atom. The van der Waals surface area contributed by atoms with Crippen LogP contribution in [0.2, 0.25) is 5.02 Å². The molecular formula is C20H18ClF3N4O2S. The summed E-state index contributed by atoms with van der Waals surface area (Å²) in [6.07, 6.45) is -2.26. The van der Waals surface area contributed by atoms with Gasteiger partial charge in [0.15, 0.2) is 0 Å².